The number of hydrogen-bond donors (Lipinski definition) is 1. The Morgan fingerprint density at radius 2 is 1.79 bits per heavy atom. The monoisotopic (exact) mass is 468 g/mol. The van der Waals surface area contributed by atoms with Crippen molar-refractivity contribution < 1.29 is 19.1 Å². The molecule has 0 aliphatic heterocycles. The number of benzene rings is 2. The van der Waals surface area contributed by atoms with Crippen molar-refractivity contribution >= 4 is 23.4 Å². The van der Waals surface area contributed by atoms with E-state index in [1.807, 2.05) is 25.1 Å². The molecule has 0 spiro atoms. The Hall–Kier alpha value is -4.67. The largest absolute Gasteiger partial charge is 0.539 e. The third kappa shape index (κ3) is 4.18. The van der Waals surface area contributed by atoms with Crippen LogP contribution in [0.3, 0.4) is 0 Å². The minimum atomic E-state index is -0.873. The lowest BCUT2D eigenvalue weighted by molar-refractivity contribution is -0.672. The number of nitrogen functional groups attached to an aromatic ring is 1. The van der Waals surface area contributed by atoms with Crippen molar-refractivity contribution in [3.63, 3.8) is 0 Å². The molecule has 2 aromatic carbocycles. The van der Waals surface area contributed by atoms with E-state index in [2.05, 4.69) is 16.3 Å². The highest BCUT2D eigenvalue weighted by molar-refractivity contribution is 8.00. The molecule has 34 heavy (non-hydrogen) atoms. The molecular formula is C24H16N6O3S. The maximum absolute atomic E-state index is 13.0. The summed E-state index contributed by atoms with van der Waals surface area (Å²) >= 11 is 0.942. The maximum Gasteiger partial charge on any atom is 0.307 e. The molecule has 2 heterocycles. The Balaban J connectivity index is 1.71. The molecule has 4 aromatic rings. The van der Waals surface area contributed by atoms with Crippen molar-refractivity contribution in [1.82, 2.24) is 10.3 Å². The quantitative estimate of drug-likeness (QED) is 0.255. The molecule has 0 amide bonds. The van der Waals surface area contributed by atoms with E-state index >= 15 is 0 Å². The van der Waals surface area contributed by atoms with Crippen LogP contribution in [-0.4, -0.2) is 21.8 Å². The van der Waals surface area contributed by atoms with Gasteiger partial charge >= 0.3 is 5.69 Å². The highest BCUT2D eigenvalue weighted by Crippen LogP contribution is 2.36. The number of aromatic nitrogens is 3. The van der Waals surface area contributed by atoms with E-state index in [0.717, 1.165) is 22.0 Å². The molecule has 0 saturated carbocycles. The van der Waals surface area contributed by atoms with E-state index in [1.54, 1.807) is 42.5 Å². The summed E-state index contributed by atoms with van der Waals surface area (Å²) in [5.41, 5.74) is 8.46. The summed E-state index contributed by atoms with van der Waals surface area (Å²) in [6.45, 7) is 1.92. The number of ketones is 1. The first-order valence-corrected chi connectivity index (χ1v) is 10.9. The van der Waals surface area contributed by atoms with Crippen LogP contribution in [0.15, 0.2) is 64.1 Å². The summed E-state index contributed by atoms with van der Waals surface area (Å²) in [4.78, 5) is 17.2. The van der Waals surface area contributed by atoms with Crippen molar-refractivity contribution in [2.45, 2.75) is 11.9 Å². The standard InChI is InChI=1S/C24H16N6O3S/c1-14-7-9-15(10-8-14)20-17(11-25)22(27)28-23(18(20)12-26)34-13-19(31)21-24(32)33-29-30(21)16-5-3-2-4-6-16/h2-10H,13H2,1H3,(H2-,27,28,29,31,32). The molecule has 0 fully saturated rings. The van der Waals surface area contributed by atoms with Crippen molar-refractivity contribution in [2.75, 3.05) is 11.5 Å². The van der Waals surface area contributed by atoms with Gasteiger partial charge in [-0.3, -0.25) is 4.79 Å². The van der Waals surface area contributed by atoms with Gasteiger partial charge in [0.15, 0.2) is 5.95 Å². The zero-order valence-corrected chi connectivity index (χ0v) is 18.7. The summed E-state index contributed by atoms with van der Waals surface area (Å²) in [5, 5.41) is 35.6. The van der Waals surface area contributed by atoms with Gasteiger partial charge < -0.3 is 15.4 Å². The van der Waals surface area contributed by atoms with E-state index in [-0.39, 0.29) is 33.4 Å². The van der Waals surface area contributed by atoms with E-state index < -0.39 is 11.7 Å². The molecule has 4 rings (SSSR count). The Morgan fingerprint density at radius 3 is 2.44 bits per heavy atom. The first kappa shape index (κ1) is 22.5. The van der Waals surface area contributed by atoms with Crippen LogP contribution in [0.5, 0.6) is 5.95 Å². The van der Waals surface area contributed by atoms with Gasteiger partial charge in [-0.2, -0.15) is 10.5 Å². The number of anilines is 1. The molecule has 0 radical (unpaired) electrons. The number of nitriles is 2. The SMILES string of the molecule is Cc1ccc(-c2c(C#N)c(N)nc(SCC(=O)c3c([O-])on[n+]3-c3ccccc3)c2C#N)cc1. The van der Waals surface area contributed by atoms with Gasteiger partial charge in [0, 0.05) is 17.7 Å². The fourth-order valence-electron chi connectivity index (χ4n) is 3.34. The number of carbonyl (C=O) groups is 1. The van der Waals surface area contributed by atoms with E-state index in [1.165, 1.54) is 0 Å². The number of rotatable bonds is 6. The first-order valence-electron chi connectivity index (χ1n) is 9.95. The number of nitrogens with two attached hydrogens (primary N) is 1. The van der Waals surface area contributed by atoms with E-state index in [9.17, 15) is 20.4 Å². The molecule has 166 valence electrons. The van der Waals surface area contributed by atoms with Crippen LogP contribution < -0.4 is 15.5 Å². The Morgan fingerprint density at radius 1 is 1.12 bits per heavy atom. The molecule has 0 bridgehead atoms. The van der Waals surface area contributed by atoms with E-state index in [4.69, 9.17) is 10.3 Å². The van der Waals surface area contributed by atoms with Gasteiger partial charge in [0.1, 0.15) is 28.5 Å². The number of carbonyl (C=O) groups excluding carboxylic acids is 1. The Bertz CT molecular complexity index is 1470. The third-order valence-electron chi connectivity index (χ3n) is 4.97. The van der Waals surface area contributed by atoms with Gasteiger partial charge in [0.25, 0.3) is 0 Å². The highest BCUT2D eigenvalue weighted by atomic mass is 32.2. The molecule has 9 nitrogen and oxygen atoms in total. The third-order valence-corrected chi connectivity index (χ3v) is 5.95. The second-order valence-electron chi connectivity index (χ2n) is 7.19. The average Bonchev–Trinajstić information content (AvgIpc) is 3.24. The van der Waals surface area contributed by atoms with E-state index in [0.29, 0.717) is 16.8 Å². The van der Waals surface area contributed by atoms with Crippen molar-refractivity contribution in [3.8, 4) is 34.9 Å². The lowest BCUT2D eigenvalue weighted by atomic mass is 9.96. The number of para-hydroxylation sites is 1. The number of aryl methyl sites for hydroxylation is 1. The number of nitrogens with zero attached hydrogens (tertiary/aromatic N) is 5. The number of hydrogen-bond acceptors (Lipinski definition) is 9. The molecule has 10 heteroatoms. The summed E-state index contributed by atoms with van der Waals surface area (Å²) < 4.78 is 5.84. The fourth-order valence-corrected chi connectivity index (χ4v) is 4.20. The molecule has 0 saturated heterocycles. The molecule has 2 aromatic heterocycles. The number of pyridine rings is 1. The van der Waals surface area contributed by atoms with Gasteiger partial charge in [-0.25, -0.2) is 4.98 Å². The second kappa shape index (κ2) is 9.45. The smallest absolute Gasteiger partial charge is 0.307 e. The lowest BCUT2D eigenvalue weighted by Crippen LogP contribution is -2.39. The molecule has 0 atom stereocenters. The van der Waals surface area contributed by atoms with Crippen LogP contribution in [0, 0.1) is 29.6 Å². The second-order valence-corrected chi connectivity index (χ2v) is 8.15. The normalized spacial score (nSPS) is 10.4. The average molecular weight is 468 g/mol. The van der Waals surface area contributed by atoms with Crippen molar-refractivity contribution in [1.29, 1.82) is 10.5 Å². The molecule has 0 aliphatic rings. The maximum atomic E-state index is 13.0. The Labute approximate surface area is 198 Å². The van der Waals surface area contributed by atoms with Crippen LogP contribution in [0.1, 0.15) is 27.2 Å². The van der Waals surface area contributed by atoms with Gasteiger partial charge in [-0.15, -0.1) is 0 Å². The van der Waals surface area contributed by atoms with Crippen LogP contribution in [0.25, 0.3) is 16.8 Å². The molecule has 2 N–H and O–H groups in total. The van der Waals surface area contributed by atoms with Gasteiger partial charge in [-0.05, 0) is 17.2 Å². The van der Waals surface area contributed by atoms with Gasteiger partial charge in [-0.1, -0.05) is 59.8 Å². The minimum absolute atomic E-state index is 0.0548. The predicted molar refractivity (Wildman–Crippen MR) is 121 cm³/mol. The summed E-state index contributed by atoms with van der Waals surface area (Å²) in [7, 11) is 0. The summed E-state index contributed by atoms with van der Waals surface area (Å²) in [6.07, 6.45) is 0. The lowest BCUT2D eigenvalue weighted by Gasteiger charge is -2.13. The molecule has 0 unspecified atom stereocenters. The summed E-state index contributed by atoms with van der Waals surface area (Å²) in [5.74, 6) is -1.72. The summed E-state index contributed by atoms with van der Waals surface area (Å²) in [6, 6.07) is 20.0. The zero-order chi connectivity index (χ0) is 24.2. The predicted octanol–water partition coefficient (Wildman–Crippen LogP) is 2.70. The fraction of sp³-hybridized carbons (Fsp3) is 0.0833. The van der Waals surface area contributed by atoms with Crippen LogP contribution in [-0.2, 0) is 0 Å². The van der Waals surface area contributed by atoms with Crippen LogP contribution >= 0.6 is 11.8 Å². The Kier molecular flexibility index (Phi) is 6.26. The molecule has 0 aliphatic carbocycles. The first-order chi connectivity index (χ1) is 16.4. The van der Waals surface area contributed by atoms with Gasteiger partial charge in [0.05, 0.1) is 16.6 Å². The molecular weight excluding hydrogens is 452 g/mol. The zero-order valence-electron chi connectivity index (χ0n) is 17.8. The van der Waals surface area contributed by atoms with Gasteiger partial charge in [0.2, 0.25) is 11.5 Å². The number of Topliss-reactive ketones (excluding diaryl/α,β-unsaturated/α-hetero) is 1. The van der Waals surface area contributed by atoms with Crippen LogP contribution in [0.4, 0.5) is 5.82 Å². The minimum Gasteiger partial charge on any atom is -0.539 e. The highest BCUT2D eigenvalue weighted by Gasteiger charge is 2.28. The van der Waals surface area contributed by atoms with Crippen LogP contribution in [0.2, 0.25) is 0 Å². The topological polar surface area (TPSA) is 157 Å². The van der Waals surface area contributed by atoms with Crippen molar-refractivity contribution in [2.24, 2.45) is 0 Å². The van der Waals surface area contributed by atoms with Crippen molar-refractivity contribution in [3.05, 3.63) is 77.0 Å². The number of thioether (sulfide) groups is 1.